The molecule has 1 aliphatic carbocycles. The smallest absolute Gasteiger partial charge is 0.226 e. The van der Waals surface area contributed by atoms with Crippen molar-refractivity contribution in [2.45, 2.75) is 56.5 Å². The second kappa shape index (κ2) is 7.37. The summed E-state index contributed by atoms with van der Waals surface area (Å²) in [5.74, 6) is 0.301. The number of aliphatic hydroxyl groups excluding tert-OH is 1. The molecule has 3 fully saturated rings. The Morgan fingerprint density at radius 2 is 1.92 bits per heavy atom. The van der Waals surface area contributed by atoms with Crippen molar-refractivity contribution in [2.24, 2.45) is 5.92 Å². The number of β-amino-alcohol motifs (C(OH)–C–C–N with tert-alkyl or cyclic N) is 1. The van der Waals surface area contributed by atoms with Crippen LogP contribution >= 0.6 is 0 Å². The van der Waals surface area contributed by atoms with Crippen LogP contribution in [0.2, 0.25) is 0 Å². The van der Waals surface area contributed by atoms with E-state index in [1.165, 1.54) is 0 Å². The summed E-state index contributed by atoms with van der Waals surface area (Å²) < 4.78 is 11.7. The Hall–Kier alpha value is -1.18. The van der Waals surface area contributed by atoms with Gasteiger partial charge in [-0.1, -0.05) is 0 Å². The van der Waals surface area contributed by atoms with Crippen molar-refractivity contribution >= 4 is 11.8 Å². The number of fused-ring (bicyclic) bond motifs is 1. The summed E-state index contributed by atoms with van der Waals surface area (Å²) in [6.45, 7) is 0.867. The van der Waals surface area contributed by atoms with Gasteiger partial charge < -0.3 is 24.4 Å². The average molecular weight is 340 g/mol. The van der Waals surface area contributed by atoms with E-state index in [-0.39, 0.29) is 42.6 Å². The predicted molar refractivity (Wildman–Crippen MR) is 86.3 cm³/mol. The summed E-state index contributed by atoms with van der Waals surface area (Å²) >= 11 is 0. The number of hydrogen-bond donors (Lipinski definition) is 1. The molecule has 3 aliphatic rings. The van der Waals surface area contributed by atoms with Gasteiger partial charge in [0, 0.05) is 26.6 Å². The molecule has 0 bridgehead atoms. The van der Waals surface area contributed by atoms with Gasteiger partial charge in [-0.05, 0) is 25.7 Å². The molecule has 7 nitrogen and oxygen atoms in total. The standard InChI is InChI=1S/C17H28N2O5/c1-18(2)16(21)7-13-5-6-14-15(24-13)10-23-9-12(20)8-19(14)17(22)11-3-4-11/h11-15,20H,3-10H2,1-2H3/t12-,13+,14+,15-/m1/s1. The number of carbonyl (C=O) groups excluding carboxylic acids is 2. The van der Waals surface area contributed by atoms with Crippen LogP contribution in [0.3, 0.4) is 0 Å². The van der Waals surface area contributed by atoms with Crippen LogP contribution in [-0.2, 0) is 19.1 Å². The molecule has 136 valence electrons. The van der Waals surface area contributed by atoms with E-state index in [1.54, 1.807) is 19.0 Å². The van der Waals surface area contributed by atoms with E-state index in [0.717, 1.165) is 25.7 Å². The quantitative estimate of drug-likeness (QED) is 0.783. The van der Waals surface area contributed by atoms with Gasteiger partial charge in [-0.15, -0.1) is 0 Å². The molecule has 3 rings (SSSR count). The molecule has 0 radical (unpaired) electrons. The van der Waals surface area contributed by atoms with Gasteiger partial charge in [0.2, 0.25) is 11.8 Å². The van der Waals surface area contributed by atoms with Crippen LogP contribution in [0, 0.1) is 5.92 Å². The number of nitrogens with zero attached hydrogens (tertiary/aromatic N) is 2. The summed E-state index contributed by atoms with van der Waals surface area (Å²) in [4.78, 5) is 27.9. The molecule has 0 aromatic carbocycles. The van der Waals surface area contributed by atoms with Gasteiger partial charge in [-0.3, -0.25) is 9.59 Å². The van der Waals surface area contributed by atoms with Gasteiger partial charge in [-0.25, -0.2) is 0 Å². The van der Waals surface area contributed by atoms with Gasteiger partial charge in [0.15, 0.2) is 0 Å². The Kier molecular flexibility index (Phi) is 5.42. The van der Waals surface area contributed by atoms with Crippen LogP contribution in [0.4, 0.5) is 0 Å². The highest BCUT2D eigenvalue weighted by Gasteiger charge is 2.43. The third-order valence-electron chi connectivity index (χ3n) is 5.09. The summed E-state index contributed by atoms with van der Waals surface area (Å²) in [7, 11) is 3.48. The van der Waals surface area contributed by atoms with Crippen LogP contribution in [0.15, 0.2) is 0 Å². The maximum Gasteiger partial charge on any atom is 0.226 e. The van der Waals surface area contributed by atoms with E-state index < -0.39 is 6.10 Å². The summed E-state index contributed by atoms with van der Waals surface area (Å²) in [6.07, 6.45) is 2.76. The number of rotatable bonds is 3. The molecule has 2 saturated heterocycles. The topological polar surface area (TPSA) is 79.3 Å². The van der Waals surface area contributed by atoms with Crippen molar-refractivity contribution in [3.8, 4) is 0 Å². The number of aliphatic hydroxyl groups is 1. The van der Waals surface area contributed by atoms with Crippen molar-refractivity contribution in [3.05, 3.63) is 0 Å². The van der Waals surface area contributed by atoms with E-state index >= 15 is 0 Å². The van der Waals surface area contributed by atoms with Crippen LogP contribution in [0.5, 0.6) is 0 Å². The van der Waals surface area contributed by atoms with E-state index in [2.05, 4.69) is 0 Å². The minimum atomic E-state index is -0.651. The van der Waals surface area contributed by atoms with Gasteiger partial charge in [0.05, 0.1) is 37.9 Å². The number of carbonyl (C=O) groups is 2. The van der Waals surface area contributed by atoms with E-state index in [9.17, 15) is 14.7 Å². The zero-order valence-electron chi connectivity index (χ0n) is 14.5. The molecule has 2 heterocycles. The maximum absolute atomic E-state index is 12.6. The summed E-state index contributed by atoms with van der Waals surface area (Å²) in [5.41, 5.74) is 0. The van der Waals surface area contributed by atoms with Crippen molar-refractivity contribution in [3.63, 3.8) is 0 Å². The van der Waals surface area contributed by atoms with Crippen LogP contribution in [0.25, 0.3) is 0 Å². The van der Waals surface area contributed by atoms with Crippen LogP contribution in [0.1, 0.15) is 32.1 Å². The molecule has 0 spiro atoms. The third kappa shape index (κ3) is 4.07. The fraction of sp³-hybridized carbons (Fsp3) is 0.882. The summed E-state index contributed by atoms with van der Waals surface area (Å²) in [5, 5.41) is 10.0. The first-order valence-electron chi connectivity index (χ1n) is 8.87. The Morgan fingerprint density at radius 3 is 2.58 bits per heavy atom. The highest BCUT2D eigenvalue weighted by molar-refractivity contribution is 5.81. The number of ether oxygens (including phenoxy) is 2. The first-order chi connectivity index (χ1) is 11.5. The van der Waals surface area contributed by atoms with E-state index in [1.807, 2.05) is 4.90 Å². The lowest BCUT2D eigenvalue weighted by Crippen LogP contribution is -2.57. The van der Waals surface area contributed by atoms with E-state index in [4.69, 9.17) is 9.47 Å². The van der Waals surface area contributed by atoms with Crippen molar-refractivity contribution in [1.29, 1.82) is 0 Å². The zero-order valence-corrected chi connectivity index (χ0v) is 14.5. The Morgan fingerprint density at radius 1 is 1.17 bits per heavy atom. The Bertz CT molecular complexity index is 480. The monoisotopic (exact) mass is 340 g/mol. The predicted octanol–water partition coefficient (Wildman–Crippen LogP) is 0.0106. The molecule has 0 aromatic heterocycles. The number of amides is 2. The fourth-order valence-electron chi connectivity index (χ4n) is 3.54. The Labute approximate surface area is 142 Å². The highest BCUT2D eigenvalue weighted by atomic mass is 16.5. The molecule has 7 heteroatoms. The minimum Gasteiger partial charge on any atom is -0.389 e. The second-order valence-corrected chi connectivity index (χ2v) is 7.39. The zero-order chi connectivity index (χ0) is 17.3. The molecule has 0 aromatic rings. The minimum absolute atomic E-state index is 0.0477. The number of hydrogen-bond acceptors (Lipinski definition) is 5. The van der Waals surface area contributed by atoms with Crippen molar-refractivity contribution < 1.29 is 24.2 Å². The first kappa shape index (κ1) is 17.6. The van der Waals surface area contributed by atoms with Crippen LogP contribution in [-0.4, -0.2) is 84.9 Å². The fourth-order valence-corrected chi connectivity index (χ4v) is 3.54. The lowest BCUT2D eigenvalue weighted by atomic mass is 9.94. The molecule has 2 aliphatic heterocycles. The van der Waals surface area contributed by atoms with E-state index in [0.29, 0.717) is 19.6 Å². The second-order valence-electron chi connectivity index (χ2n) is 7.39. The van der Waals surface area contributed by atoms with Gasteiger partial charge >= 0.3 is 0 Å². The average Bonchev–Trinajstić information content (AvgIpc) is 3.35. The highest BCUT2D eigenvalue weighted by Crippen LogP contribution is 2.35. The van der Waals surface area contributed by atoms with Crippen molar-refractivity contribution in [2.75, 3.05) is 33.9 Å². The molecule has 2 amide bonds. The van der Waals surface area contributed by atoms with Gasteiger partial charge in [-0.2, -0.15) is 0 Å². The maximum atomic E-state index is 12.6. The normalized spacial score (nSPS) is 34.0. The molecule has 1 saturated carbocycles. The molecule has 24 heavy (non-hydrogen) atoms. The van der Waals surface area contributed by atoms with Crippen molar-refractivity contribution in [1.82, 2.24) is 9.80 Å². The lowest BCUT2D eigenvalue weighted by Gasteiger charge is -2.44. The Balaban J connectivity index is 1.67. The molecule has 1 N–H and O–H groups in total. The summed E-state index contributed by atoms with van der Waals surface area (Å²) in [6, 6.07) is -0.0706. The molecule has 0 unspecified atom stereocenters. The van der Waals surface area contributed by atoms with Crippen LogP contribution < -0.4 is 0 Å². The lowest BCUT2D eigenvalue weighted by molar-refractivity contribution is -0.171. The molecular formula is C17H28N2O5. The largest absolute Gasteiger partial charge is 0.389 e. The van der Waals surface area contributed by atoms with Gasteiger partial charge in [0.1, 0.15) is 6.10 Å². The third-order valence-corrected chi connectivity index (χ3v) is 5.09. The molecular weight excluding hydrogens is 312 g/mol. The SMILES string of the molecule is CN(C)C(=O)C[C@@H]1CC[C@H]2[C@@H](COC[C@H](O)CN2C(=O)C2CC2)O1. The first-order valence-corrected chi connectivity index (χ1v) is 8.87. The molecule has 4 atom stereocenters. The van der Waals surface area contributed by atoms with Gasteiger partial charge in [0.25, 0.3) is 0 Å².